The Bertz CT molecular complexity index is 265. The molecule has 2 unspecified atom stereocenters. The molecule has 4 nitrogen and oxygen atoms in total. The van der Waals surface area contributed by atoms with Crippen molar-refractivity contribution in [1.82, 2.24) is 4.90 Å². The second kappa shape index (κ2) is 8.74. The van der Waals surface area contributed by atoms with E-state index < -0.39 is 8.56 Å². The summed E-state index contributed by atoms with van der Waals surface area (Å²) in [4.78, 5) is 2.23. The summed E-state index contributed by atoms with van der Waals surface area (Å²) in [6, 6.07) is 1.00. The smallest absolute Gasteiger partial charge is 0.335 e. The second-order valence-corrected chi connectivity index (χ2v) is 8.70. The summed E-state index contributed by atoms with van der Waals surface area (Å²) in [6.07, 6.45) is 5.40. The predicted molar refractivity (Wildman–Crippen MR) is 80.4 cm³/mol. The van der Waals surface area contributed by atoms with E-state index in [9.17, 15) is 0 Å². The third-order valence-electron chi connectivity index (χ3n) is 3.57. The molecule has 19 heavy (non-hydrogen) atoms. The number of hydrogen-bond acceptors (Lipinski definition) is 4. The predicted octanol–water partition coefficient (Wildman–Crippen LogP) is 2.76. The summed E-state index contributed by atoms with van der Waals surface area (Å²) < 4.78 is 17.6. The molecule has 0 aromatic carbocycles. The summed E-state index contributed by atoms with van der Waals surface area (Å²) in [6.45, 7) is 11.6. The lowest BCUT2D eigenvalue weighted by Crippen LogP contribution is -2.47. The van der Waals surface area contributed by atoms with Crippen molar-refractivity contribution in [3.05, 3.63) is 12.8 Å². The van der Waals surface area contributed by atoms with Crippen molar-refractivity contribution in [2.45, 2.75) is 44.9 Å². The molecule has 112 valence electrons. The molecule has 5 heteroatoms. The molecule has 0 amide bonds. The van der Waals surface area contributed by atoms with Crippen LogP contribution >= 0.6 is 0 Å². The Morgan fingerprint density at radius 1 is 1.53 bits per heavy atom. The first-order chi connectivity index (χ1) is 9.13. The van der Waals surface area contributed by atoms with Gasteiger partial charge >= 0.3 is 8.56 Å². The zero-order valence-electron chi connectivity index (χ0n) is 12.7. The number of ether oxygens (including phenoxy) is 1. The summed E-state index contributed by atoms with van der Waals surface area (Å²) in [7, 11) is -0.236. The standard InChI is InChI=1S/C14H29NO3Si/c1-5-7-9-15(6-2)12-14-13-17-10-8-11-19(4,16-3)18-14/h6,14H,2,5,7-13H2,1,3-4H3. The molecule has 1 fully saturated rings. The van der Waals surface area contributed by atoms with E-state index in [2.05, 4.69) is 24.9 Å². The number of rotatable bonds is 7. The Hall–Kier alpha value is -0.363. The minimum Gasteiger partial charge on any atom is -0.398 e. The number of unbranched alkanes of at least 4 members (excludes halogenated alkanes) is 1. The zero-order valence-corrected chi connectivity index (χ0v) is 13.7. The first-order valence-corrected chi connectivity index (χ1v) is 9.83. The van der Waals surface area contributed by atoms with E-state index in [1.165, 1.54) is 12.8 Å². The van der Waals surface area contributed by atoms with E-state index in [0.717, 1.165) is 32.2 Å². The maximum atomic E-state index is 6.24. The monoisotopic (exact) mass is 287 g/mol. The van der Waals surface area contributed by atoms with Gasteiger partial charge in [-0.1, -0.05) is 19.9 Å². The van der Waals surface area contributed by atoms with Crippen LogP contribution in [0.1, 0.15) is 26.2 Å². The third-order valence-corrected chi connectivity index (χ3v) is 6.52. The van der Waals surface area contributed by atoms with Crippen molar-refractivity contribution < 1.29 is 13.6 Å². The van der Waals surface area contributed by atoms with Gasteiger partial charge in [0.1, 0.15) is 0 Å². The average molecular weight is 287 g/mol. The van der Waals surface area contributed by atoms with Crippen LogP contribution in [-0.4, -0.2) is 53.0 Å². The van der Waals surface area contributed by atoms with E-state index in [1.807, 2.05) is 6.20 Å². The molecule has 0 radical (unpaired) electrons. The molecule has 0 aromatic heterocycles. The molecule has 0 N–H and O–H groups in total. The van der Waals surface area contributed by atoms with Gasteiger partial charge in [-0.3, -0.25) is 0 Å². The molecule has 0 spiro atoms. The minimum atomic E-state index is -2.01. The van der Waals surface area contributed by atoms with E-state index in [4.69, 9.17) is 13.6 Å². The highest BCUT2D eigenvalue weighted by Crippen LogP contribution is 2.20. The van der Waals surface area contributed by atoms with Crippen LogP contribution < -0.4 is 0 Å². The van der Waals surface area contributed by atoms with Crippen LogP contribution in [0, 0.1) is 0 Å². The van der Waals surface area contributed by atoms with Crippen molar-refractivity contribution in [2.24, 2.45) is 0 Å². The lowest BCUT2D eigenvalue weighted by atomic mass is 10.3. The van der Waals surface area contributed by atoms with Gasteiger partial charge in [0.25, 0.3) is 0 Å². The van der Waals surface area contributed by atoms with Gasteiger partial charge in [0, 0.05) is 26.8 Å². The van der Waals surface area contributed by atoms with Gasteiger partial charge < -0.3 is 18.5 Å². The molecular weight excluding hydrogens is 258 g/mol. The van der Waals surface area contributed by atoms with E-state index in [-0.39, 0.29) is 6.10 Å². The molecule has 0 aromatic rings. The first kappa shape index (κ1) is 16.7. The van der Waals surface area contributed by atoms with Crippen molar-refractivity contribution in [1.29, 1.82) is 0 Å². The van der Waals surface area contributed by atoms with Gasteiger partial charge in [-0.15, -0.1) is 0 Å². The summed E-state index contributed by atoms with van der Waals surface area (Å²) in [5.41, 5.74) is 0. The molecule has 0 saturated carbocycles. The third kappa shape index (κ3) is 6.08. The summed E-state index contributed by atoms with van der Waals surface area (Å²) >= 11 is 0. The fourth-order valence-corrected chi connectivity index (χ4v) is 4.33. The van der Waals surface area contributed by atoms with Crippen LogP contribution in [0.3, 0.4) is 0 Å². The second-order valence-electron chi connectivity index (χ2n) is 5.29. The highest BCUT2D eigenvalue weighted by molar-refractivity contribution is 6.66. The Morgan fingerprint density at radius 3 is 2.95 bits per heavy atom. The molecule has 1 aliphatic heterocycles. The van der Waals surface area contributed by atoms with Crippen LogP contribution in [0.5, 0.6) is 0 Å². The number of nitrogens with zero attached hydrogens (tertiary/aromatic N) is 1. The van der Waals surface area contributed by atoms with Crippen LogP contribution in [0.15, 0.2) is 12.8 Å². The van der Waals surface area contributed by atoms with Gasteiger partial charge in [0.15, 0.2) is 0 Å². The minimum absolute atomic E-state index is 0.0896. The SMILES string of the molecule is C=CN(CCCC)CC1COCCC[Si](C)(OC)O1. The molecule has 1 rings (SSSR count). The molecule has 1 saturated heterocycles. The van der Waals surface area contributed by atoms with Crippen LogP contribution in [-0.2, 0) is 13.6 Å². The highest BCUT2D eigenvalue weighted by Gasteiger charge is 2.34. The lowest BCUT2D eigenvalue weighted by molar-refractivity contribution is 0.00653. The Morgan fingerprint density at radius 2 is 2.32 bits per heavy atom. The Kier molecular flexibility index (Phi) is 7.68. The normalized spacial score (nSPS) is 28.5. The van der Waals surface area contributed by atoms with Crippen molar-refractivity contribution in [3.63, 3.8) is 0 Å². The van der Waals surface area contributed by atoms with Crippen molar-refractivity contribution in [2.75, 3.05) is 33.4 Å². The van der Waals surface area contributed by atoms with Gasteiger partial charge in [-0.05, 0) is 31.6 Å². The highest BCUT2D eigenvalue weighted by atomic mass is 28.4. The van der Waals surface area contributed by atoms with E-state index in [0.29, 0.717) is 6.61 Å². The van der Waals surface area contributed by atoms with E-state index >= 15 is 0 Å². The molecule has 0 bridgehead atoms. The Labute approximate surface area is 119 Å². The van der Waals surface area contributed by atoms with Crippen LogP contribution in [0.2, 0.25) is 12.6 Å². The van der Waals surface area contributed by atoms with Gasteiger partial charge in [-0.2, -0.15) is 0 Å². The number of hydrogen-bond donors (Lipinski definition) is 0. The summed E-state index contributed by atoms with van der Waals surface area (Å²) in [5, 5.41) is 0. The van der Waals surface area contributed by atoms with Crippen LogP contribution in [0.25, 0.3) is 0 Å². The van der Waals surface area contributed by atoms with Gasteiger partial charge in [-0.25, -0.2) is 0 Å². The first-order valence-electron chi connectivity index (χ1n) is 7.31. The van der Waals surface area contributed by atoms with Crippen LogP contribution in [0.4, 0.5) is 0 Å². The molecule has 1 aliphatic rings. The molecular formula is C14H29NO3Si. The maximum absolute atomic E-state index is 6.24. The van der Waals surface area contributed by atoms with Gasteiger partial charge in [0.05, 0.1) is 12.7 Å². The fraction of sp³-hybridized carbons (Fsp3) is 0.857. The lowest BCUT2D eigenvalue weighted by Gasteiger charge is -2.35. The van der Waals surface area contributed by atoms with Crippen molar-refractivity contribution in [3.8, 4) is 0 Å². The largest absolute Gasteiger partial charge is 0.398 e. The maximum Gasteiger partial charge on any atom is 0.335 e. The molecule has 0 aliphatic carbocycles. The average Bonchev–Trinajstić information content (AvgIpc) is 2.40. The summed E-state index contributed by atoms with van der Waals surface area (Å²) in [5.74, 6) is 0. The quantitative estimate of drug-likeness (QED) is 0.674. The van der Waals surface area contributed by atoms with Gasteiger partial charge in [0.2, 0.25) is 0 Å². The molecule has 1 heterocycles. The Balaban J connectivity index is 2.54. The topological polar surface area (TPSA) is 30.9 Å². The van der Waals surface area contributed by atoms with E-state index in [1.54, 1.807) is 7.11 Å². The fourth-order valence-electron chi connectivity index (χ4n) is 2.28. The zero-order chi connectivity index (χ0) is 14.1. The van der Waals surface area contributed by atoms with Crippen molar-refractivity contribution >= 4 is 8.56 Å². The molecule has 2 atom stereocenters.